The zero-order chi connectivity index (χ0) is 11.9. The second-order valence-corrected chi connectivity index (χ2v) is 4.60. The summed E-state index contributed by atoms with van der Waals surface area (Å²) >= 11 is 0. The SMILES string of the molecule is CCCn1ncnc1COCCC1CCNC1. The van der Waals surface area contributed by atoms with Crippen LogP contribution in [0.3, 0.4) is 0 Å². The highest BCUT2D eigenvalue weighted by atomic mass is 16.5. The Labute approximate surface area is 103 Å². The van der Waals surface area contributed by atoms with E-state index in [9.17, 15) is 0 Å². The van der Waals surface area contributed by atoms with E-state index in [1.165, 1.54) is 6.42 Å². The number of aromatic nitrogens is 3. The topological polar surface area (TPSA) is 52.0 Å². The van der Waals surface area contributed by atoms with Crippen molar-refractivity contribution in [1.82, 2.24) is 20.1 Å². The zero-order valence-electron chi connectivity index (χ0n) is 10.6. The molecule has 0 amide bonds. The minimum atomic E-state index is 0.583. The van der Waals surface area contributed by atoms with Crippen LogP contribution in [0, 0.1) is 5.92 Å². The van der Waals surface area contributed by atoms with Crippen LogP contribution in [0.15, 0.2) is 6.33 Å². The van der Waals surface area contributed by atoms with Gasteiger partial charge in [-0.05, 0) is 38.3 Å². The van der Waals surface area contributed by atoms with E-state index in [0.717, 1.165) is 50.8 Å². The Morgan fingerprint density at radius 1 is 1.59 bits per heavy atom. The number of hydrogen-bond acceptors (Lipinski definition) is 4. The van der Waals surface area contributed by atoms with Gasteiger partial charge in [-0.3, -0.25) is 0 Å². The Balaban J connectivity index is 1.65. The van der Waals surface area contributed by atoms with Gasteiger partial charge >= 0.3 is 0 Å². The average Bonchev–Trinajstić information content (AvgIpc) is 2.96. The summed E-state index contributed by atoms with van der Waals surface area (Å²) in [6.07, 6.45) is 5.11. The summed E-state index contributed by atoms with van der Waals surface area (Å²) in [6, 6.07) is 0. The van der Waals surface area contributed by atoms with Crippen molar-refractivity contribution in [2.75, 3.05) is 19.7 Å². The van der Waals surface area contributed by atoms with Crippen LogP contribution in [0.5, 0.6) is 0 Å². The molecular formula is C12H22N4O. The predicted octanol–water partition coefficient (Wildman–Crippen LogP) is 1.20. The summed E-state index contributed by atoms with van der Waals surface area (Å²) in [6.45, 7) is 6.78. The van der Waals surface area contributed by atoms with Crippen molar-refractivity contribution in [3.05, 3.63) is 12.2 Å². The molecule has 2 heterocycles. The maximum Gasteiger partial charge on any atom is 0.152 e. The van der Waals surface area contributed by atoms with E-state index in [1.54, 1.807) is 6.33 Å². The zero-order valence-corrected chi connectivity index (χ0v) is 10.6. The molecule has 0 aromatic carbocycles. The first-order valence-corrected chi connectivity index (χ1v) is 6.55. The van der Waals surface area contributed by atoms with Crippen LogP contribution in [0.1, 0.15) is 32.0 Å². The van der Waals surface area contributed by atoms with Crippen LogP contribution in [0.2, 0.25) is 0 Å². The average molecular weight is 238 g/mol. The maximum atomic E-state index is 5.68. The molecule has 2 rings (SSSR count). The van der Waals surface area contributed by atoms with Crippen molar-refractivity contribution >= 4 is 0 Å². The summed E-state index contributed by atoms with van der Waals surface area (Å²) < 4.78 is 7.60. The van der Waals surface area contributed by atoms with E-state index in [2.05, 4.69) is 22.3 Å². The van der Waals surface area contributed by atoms with Gasteiger partial charge in [0.2, 0.25) is 0 Å². The Morgan fingerprint density at radius 2 is 2.53 bits per heavy atom. The van der Waals surface area contributed by atoms with Crippen LogP contribution < -0.4 is 5.32 Å². The monoisotopic (exact) mass is 238 g/mol. The van der Waals surface area contributed by atoms with Gasteiger partial charge in [-0.2, -0.15) is 5.10 Å². The Hall–Kier alpha value is -0.940. The number of ether oxygens (including phenoxy) is 1. The molecule has 1 aliphatic heterocycles. The number of nitrogens with one attached hydrogen (secondary N) is 1. The Morgan fingerprint density at radius 3 is 3.29 bits per heavy atom. The van der Waals surface area contributed by atoms with E-state index in [4.69, 9.17) is 4.74 Å². The third-order valence-electron chi connectivity index (χ3n) is 3.20. The molecule has 0 spiro atoms. The van der Waals surface area contributed by atoms with Crippen molar-refractivity contribution in [2.24, 2.45) is 5.92 Å². The summed E-state index contributed by atoms with van der Waals surface area (Å²) in [5.41, 5.74) is 0. The van der Waals surface area contributed by atoms with Gasteiger partial charge in [0.15, 0.2) is 5.82 Å². The van der Waals surface area contributed by atoms with Crippen molar-refractivity contribution in [2.45, 2.75) is 39.3 Å². The fourth-order valence-corrected chi connectivity index (χ4v) is 2.17. The lowest BCUT2D eigenvalue weighted by Crippen LogP contribution is -2.12. The molecule has 0 aliphatic carbocycles. The van der Waals surface area contributed by atoms with Crippen LogP contribution >= 0.6 is 0 Å². The van der Waals surface area contributed by atoms with Crippen LogP contribution in [-0.2, 0) is 17.9 Å². The fraction of sp³-hybridized carbons (Fsp3) is 0.833. The van der Waals surface area contributed by atoms with Gasteiger partial charge in [-0.15, -0.1) is 0 Å². The third-order valence-corrected chi connectivity index (χ3v) is 3.20. The van der Waals surface area contributed by atoms with Crippen LogP contribution in [0.25, 0.3) is 0 Å². The van der Waals surface area contributed by atoms with Gasteiger partial charge in [0, 0.05) is 13.2 Å². The van der Waals surface area contributed by atoms with E-state index in [1.807, 2.05) is 4.68 Å². The first kappa shape index (κ1) is 12.5. The Bertz CT molecular complexity index is 320. The van der Waals surface area contributed by atoms with Crippen molar-refractivity contribution in [1.29, 1.82) is 0 Å². The number of rotatable bonds is 7. The first-order chi connectivity index (χ1) is 8.40. The second-order valence-electron chi connectivity index (χ2n) is 4.60. The predicted molar refractivity (Wildman–Crippen MR) is 65.6 cm³/mol. The molecule has 0 saturated carbocycles. The molecular weight excluding hydrogens is 216 g/mol. The Kier molecular flexibility index (Phi) is 4.94. The molecule has 0 bridgehead atoms. The largest absolute Gasteiger partial charge is 0.373 e. The molecule has 1 atom stereocenters. The molecule has 1 fully saturated rings. The van der Waals surface area contributed by atoms with Gasteiger partial charge in [-0.1, -0.05) is 6.92 Å². The highest BCUT2D eigenvalue weighted by Gasteiger charge is 2.13. The molecule has 1 N–H and O–H groups in total. The first-order valence-electron chi connectivity index (χ1n) is 6.55. The second kappa shape index (κ2) is 6.71. The minimum Gasteiger partial charge on any atom is -0.373 e. The number of hydrogen-bond donors (Lipinski definition) is 1. The van der Waals surface area contributed by atoms with Crippen molar-refractivity contribution < 1.29 is 4.74 Å². The highest BCUT2D eigenvalue weighted by molar-refractivity contribution is 4.81. The summed E-state index contributed by atoms with van der Waals surface area (Å²) in [7, 11) is 0. The summed E-state index contributed by atoms with van der Waals surface area (Å²) in [5.74, 6) is 1.74. The molecule has 0 radical (unpaired) electrons. The van der Waals surface area contributed by atoms with E-state index in [-0.39, 0.29) is 0 Å². The van der Waals surface area contributed by atoms with Gasteiger partial charge in [0.1, 0.15) is 12.9 Å². The number of aryl methyl sites for hydroxylation is 1. The van der Waals surface area contributed by atoms with Gasteiger partial charge < -0.3 is 10.1 Å². The molecule has 1 aromatic rings. The lowest BCUT2D eigenvalue weighted by Gasteiger charge is -2.09. The quantitative estimate of drug-likeness (QED) is 0.725. The van der Waals surface area contributed by atoms with Crippen molar-refractivity contribution in [3.8, 4) is 0 Å². The number of nitrogens with zero attached hydrogens (tertiary/aromatic N) is 3. The van der Waals surface area contributed by atoms with Crippen LogP contribution in [0.4, 0.5) is 0 Å². The maximum absolute atomic E-state index is 5.68. The van der Waals surface area contributed by atoms with Gasteiger partial charge in [-0.25, -0.2) is 9.67 Å². The smallest absolute Gasteiger partial charge is 0.152 e. The highest BCUT2D eigenvalue weighted by Crippen LogP contribution is 2.12. The molecule has 96 valence electrons. The van der Waals surface area contributed by atoms with Crippen molar-refractivity contribution in [3.63, 3.8) is 0 Å². The van der Waals surface area contributed by atoms with E-state index < -0.39 is 0 Å². The fourth-order valence-electron chi connectivity index (χ4n) is 2.17. The molecule has 1 unspecified atom stereocenters. The lowest BCUT2D eigenvalue weighted by atomic mass is 10.1. The molecule has 17 heavy (non-hydrogen) atoms. The van der Waals surface area contributed by atoms with Crippen LogP contribution in [-0.4, -0.2) is 34.5 Å². The standard InChI is InChI=1S/C12H22N4O/c1-2-6-16-12(14-10-15-16)9-17-7-4-11-3-5-13-8-11/h10-11,13H,2-9H2,1H3. The normalized spacial score (nSPS) is 19.9. The van der Waals surface area contributed by atoms with Gasteiger partial charge in [0.05, 0.1) is 0 Å². The van der Waals surface area contributed by atoms with E-state index in [0.29, 0.717) is 6.61 Å². The molecule has 5 heteroatoms. The molecule has 1 aromatic heterocycles. The third kappa shape index (κ3) is 3.78. The summed E-state index contributed by atoms with van der Waals surface area (Å²) in [5, 5.41) is 7.55. The lowest BCUT2D eigenvalue weighted by molar-refractivity contribution is 0.101. The molecule has 1 aliphatic rings. The summed E-state index contributed by atoms with van der Waals surface area (Å²) in [4.78, 5) is 4.22. The van der Waals surface area contributed by atoms with E-state index >= 15 is 0 Å². The molecule has 5 nitrogen and oxygen atoms in total. The molecule has 1 saturated heterocycles. The minimum absolute atomic E-state index is 0.583. The van der Waals surface area contributed by atoms with Gasteiger partial charge in [0.25, 0.3) is 0 Å².